The van der Waals surface area contributed by atoms with Crippen LogP contribution in [0, 0.1) is 6.92 Å². The second-order valence-electron chi connectivity index (χ2n) is 7.53. The van der Waals surface area contributed by atoms with Crippen molar-refractivity contribution in [2.45, 2.75) is 44.9 Å². The van der Waals surface area contributed by atoms with Crippen LogP contribution >= 0.6 is 0 Å². The number of aryl methyl sites for hydroxylation is 1. The monoisotopic (exact) mass is 341 g/mol. The largest absolute Gasteiger partial charge is 0.277 e. The Labute approximate surface area is 153 Å². The van der Waals surface area contributed by atoms with Gasteiger partial charge in [0.2, 0.25) is 0 Å². The molecule has 1 aliphatic rings. The van der Waals surface area contributed by atoms with Crippen LogP contribution in [-0.4, -0.2) is 15.2 Å². The third kappa shape index (κ3) is 2.59. The Morgan fingerprint density at radius 2 is 1.77 bits per heavy atom. The minimum Gasteiger partial charge on any atom is -0.277 e. The van der Waals surface area contributed by atoms with Crippen LogP contribution in [0.15, 0.2) is 48.5 Å². The molecule has 4 aromatic rings. The summed E-state index contributed by atoms with van der Waals surface area (Å²) in [5.41, 5.74) is 5.52. The lowest BCUT2D eigenvalue weighted by atomic mass is 9.83. The minimum absolute atomic E-state index is 0.696. The number of rotatable bonds is 2. The van der Waals surface area contributed by atoms with Crippen LogP contribution in [0.4, 0.5) is 0 Å². The molecule has 1 fully saturated rings. The molecule has 2 heterocycles. The van der Waals surface area contributed by atoms with Crippen LogP contribution in [0.1, 0.15) is 49.3 Å². The molecule has 3 nitrogen and oxygen atoms in total. The fourth-order valence-electron chi connectivity index (χ4n) is 4.41. The lowest BCUT2D eigenvalue weighted by Gasteiger charge is -2.22. The van der Waals surface area contributed by atoms with E-state index in [0.717, 1.165) is 22.6 Å². The first-order valence-electron chi connectivity index (χ1n) is 9.64. The van der Waals surface area contributed by atoms with Gasteiger partial charge in [-0.15, -0.1) is 0 Å². The SMILES string of the molecule is Cc1nc(-c2n[nH]c3ccc(C4CCCCC4)cc23)cc2ccccc12. The van der Waals surface area contributed by atoms with Gasteiger partial charge in [0, 0.05) is 16.5 Å². The van der Waals surface area contributed by atoms with Crippen LogP contribution in [0.5, 0.6) is 0 Å². The molecule has 130 valence electrons. The number of aromatic nitrogens is 3. The molecule has 0 unspecified atom stereocenters. The summed E-state index contributed by atoms with van der Waals surface area (Å²) in [6.45, 7) is 2.08. The summed E-state index contributed by atoms with van der Waals surface area (Å²) < 4.78 is 0. The first-order valence-corrected chi connectivity index (χ1v) is 9.64. The predicted molar refractivity (Wildman–Crippen MR) is 107 cm³/mol. The van der Waals surface area contributed by atoms with E-state index in [1.165, 1.54) is 53.8 Å². The van der Waals surface area contributed by atoms with Crippen molar-refractivity contribution in [3.8, 4) is 11.4 Å². The van der Waals surface area contributed by atoms with Crippen molar-refractivity contribution in [1.82, 2.24) is 15.2 Å². The Hall–Kier alpha value is -2.68. The van der Waals surface area contributed by atoms with E-state index < -0.39 is 0 Å². The third-order valence-corrected chi connectivity index (χ3v) is 5.84. The summed E-state index contributed by atoms with van der Waals surface area (Å²) in [7, 11) is 0. The smallest absolute Gasteiger partial charge is 0.118 e. The van der Waals surface area contributed by atoms with Crippen molar-refractivity contribution < 1.29 is 0 Å². The molecule has 0 atom stereocenters. The van der Waals surface area contributed by atoms with Crippen molar-refractivity contribution in [2.24, 2.45) is 0 Å². The number of pyridine rings is 1. The first-order chi connectivity index (χ1) is 12.8. The zero-order valence-corrected chi connectivity index (χ0v) is 15.1. The fraction of sp³-hybridized carbons (Fsp3) is 0.304. The third-order valence-electron chi connectivity index (χ3n) is 5.84. The summed E-state index contributed by atoms with van der Waals surface area (Å²) in [4.78, 5) is 4.85. The molecule has 0 radical (unpaired) electrons. The highest BCUT2D eigenvalue weighted by atomic mass is 15.1. The Morgan fingerprint density at radius 3 is 2.65 bits per heavy atom. The van der Waals surface area contributed by atoms with E-state index in [0.29, 0.717) is 5.92 Å². The van der Waals surface area contributed by atoms with Gasteiger partial charge in [-0.1, -0.05) is 49.6 Å². The molecule has 0 saturated heterocycles. The number of benzene rings is 2. The van der Waals surface area contributed by atoms with Gasteiger partial charge in [0.25, 0.3) is 0 Å². The van der Waals surface area contributed by atoms with Gasteiger partial charge in [0.05, 0.1) is 11.2 Å². The maximum Gasteiger partial charge on any atom is 0.118 e. The molecule has 5 rings (SSSR count). The van der Waals surface area contributed by atoms with Gasteiger partial charge in [0.15, 0.2) is 0 Å². The molecular weight excluding hydrogens is 318 g/mol. The molecule has 0 amide bonds. The van der Waals surface area contributed by atoms with Gasteiger partial charge >= 0.3 is 0 Å². The molecule has 2 aromatic heterocycles. The topological polar surface area (TPSA) is 41.6 Å². The number of aromatic amines is 1. The molecule has 0 spiro atoms. The van der Waals surface area contributed by atoms with Crippen LogP contribution in [0.3, 0.4) is 0 Å². The Kier molecular flexibility index (Phi) is 3.74. The van der Waals surface area contributed by atoms with Crippen LogP contribution < -0.4 is 0 Å². The molecule has 1 N–H and O–H groups in total. The summed E-state index contributed by atoms with van der Waals surface area (Å²) in [5, 5.41) is 11.4. The molecular formula is C23H23N3. The number of nitrogens with one attached hydrogen (secondary N) is 1. The number of hydrogen-bond donors (Lipinski definition) is 1. The first kappa shape index (κ1) is 15.6. The molecule has 0 bridgehead atoms. The highest BCUT2D eigenvalue weighted by Crippen LogP contribution is 2.36. The number of H-pyrrole nitrogens is 1. The fourth-order valence-corrected chi connectivity index (χ4v) is 4.41. The molecule has 1 saturated carbocycles. The number of nitrogens with zero attached hydrogens (tertiary/aromatic N) is 2. The molecule has 2 aromatic carbocycles. The highest BCUT2D eigenvalue weighted by molar-refractivity contribution is 5.95. The van der Waals surface area contributed by atoms with E-state index in [9.17, 15) is 0 Å². The van der Waals surface area contributed by atoms with Crippen molar-refractivity contribution in [3.05, 3.63) is 59.8 Å². The second kappa shape index (κ2) is 6.24. The van der Waals surface area contributed by atoms with Crippen molar-refractivity contribution in [2.75, 3.05) is 0 Å². The summed E-state index contributed by atoms with van der Waals surface area (Å²) >= 11 is 0. The van der Waals surface area contributed by atoms with E-state index in [1.807, 2.05) is 0 Å². The van der Waals surface area contributed by atoms with E-state index >= 15 is 0 Å². The number of fused-ring (bicyclic) bond motifs is 2. The van der Waals surface area contributed by atoms with Crippen LogP contribution in [-0.2, 0) is 0 Å². The Balaban J connectivity index is 1.64. The van der Waals surface area contributed by atoms with Crippen molar-refractivity contribution in [3.63, 3.8) is 0 Å². The number of hydrogen-bond acceptors (Lipinski definition) is 2. The summed E-state index contributed by atoms with van der Waals surface area (Å²) in [5.74, 6) is 0.696. The van der Waals surface area contributed by atoms with E-state index in [4.69, 9.17) is 4.98 Å². The highest BCUT2D eigenvalue weighted by Gasteiger charge is 2.18. The second-order valence-corrected chi connectivity index (χ2v) is 7.53. The maximum absolute atomic E-state index is 4.85. The van der Waals surface area contributed by atoms with Crippen LogP contribution in [0.25, 0.3) is 33.1 Å². The average molecular weight is 341 g/mol. The average Bonchev–Trinajstić information content (AvgIpc) is 3.12. The van der Waals surface area contributed by atoms with E-state index in [-0.39, 0.29) is 0 Å². The molecule has 26 heavy (non-hydrogen) atoms. The van der Waals surface area contributed by atoms with Gasteiger partial charge in [-0.2, -0.15) is 5.10 Å². The lowest BCUT2D eigenvalue weighted by Crippen LogP contribution is -2.04. The Bertz CT molecular complexity index is 1090. The molecule has 1 aliphatic carbocycles. The molecule has 0 aliphatic heterocycles. The van der Waals surface area contributed by atoms with Crippen LogP contribution in [0.2, 0.25) is 0 Å². The standard InChI is InChI=1S/C23H23N3/c1-15-19-10-6-5-9-18(19)14-22(24-15)23-20-13-17(11-12-21(20)25-26-23)16-7-3-2-4-8-16/h5-6,9-14,16H,2-4,7-8H2,1H3,(H,25,26). The van der Waals surface area contributed by atoms with Crippen molar-refractivity contribution in [1.29, 1.82) is 0 Å². The summed E-state index contributed by atoms with van der Waals surface area (Å²) in [6.07, 6.45) is 6.72. The van der Waals surface area contributed by atoms with Gasteiger partial charge in [-0.05, 0) is 54.8 Å². The normalized spacial score (nSPS) is 15.7. The lowest BCUT2D eigenvalue weighted by molar-refractivity contribution is 0.444. The van der Waals surface area contributed by atoms with Crippen molar-refractivity contribution >= 4 is 21.7 Å². The van der Waals surface area contributed by atoms with E-state index in [1.54, 1.807) is 0 Å². The molecule has 3 heteroatoms. The zero-order valence-electron chi connectivity index (χ0n) is 15.1. The van der Waals surface area contributed by atoms with Gasteiger partial charge in [-0.3, -0.25) is 10.1 Å². The minimum atomic E-state index is 0.696. The predicted octanol–water partition coefficient (Wildman–Crippen LogP) is 6.13. The quantitative estimate of drug-likeness (QED) is 0.476. The van der Waals surface area contributed by atoms with Gasteiger partial charge in [0.1, 0.15) is 5.69 Å². The maximum atomic E-state index is 4.85. The summed E-state index contributed by atoms with van der Waals surface area (Å²) in [6, 6.07) is 17.4. The van der Waals surface area contributed by atoms with E-state index in [2.05, 4.69) is 65.7 Å². The van der Waals surface area contributed by atoms with Gasteiger partial charge < -0.3 is 0 Å². The van der Waals surface area contributed by atoms with Gasteiger partial charge in [-0.25, -0.2) is 0 Å². The zero-order chi connectivity index (χ0) is 17.5. The Morgan fingerprint density at radius 1 is 0.923 bits per heavy atom.